The Morgan fingerprint density at radius 1 is 1.25 bits per heavy atom. The third kappa shape index (κ3) is 9.36. The van der Waals surface area contributed by atoms with Crippen LogP contribution in [0.15, 0.2) is 0 Å². The van der Waals surface area contributed by atoms with E-state index in [1.165, 1.54) is 51.0 Å². The first-order chi connectivity index (χ1) is 1.00. The van der Waals surface area contributed by atoms with E-state index >= 15 is 0 Å². The minimum atomic E-state index is 0. The molecule has 0 fully saturated rings. The van der Waals surface area contributed by atoms with Crippen molar-refractivity contribution in [3.05, 3.63) is 0 Å². The van der Waals surface area contributed by atoms with E-state index in [-0.39, 0.29) is 46.6 Å². The second-order valence-corrected chi connectivity index (χ2v) is 0. The molecule has 0 rings (SSSR count). The van der Waals surface area contributed by atoms with Gasteiger partial charge in [-0.1, -0.05) is 0 Å². The molecule has 0 spiro atoms. The summed E-state index contributed by atoms with van der Waals surface area (Å²) in [6.07, 6.45) is 0. The Morgan fingerprint density at radius 3 is 1.25 bits per heavy atom. The van der Waals surface area contributed by atoms with E-state index in [4.69, 9.17) is 0 Å². The molecular weight excluding hydrogens is 576 g/mol. The average molecular weight is 576 g/mol. The molecule has 0 heterocycles. The molecule has 0 amide bonds. The molecular formula is CePdUZr. The maximum atomic E-state index is 1.47. The van der Waals surface area contributed by atoms with Gasteiger partial charge in [-0.2, -0.15) is 0 Å². The summed E-state index contributed by atoms with van der Waals surface area (Å²) in [5.41, 5.74) is 0. The van der Waals surface area contributed by atoms with Crippen LogP contribution in [-0.4, -0.2) is 0 Å². The zero-order valence-electron chi connectivity index (χ0n) is 1.82. The first kappa shape index (κ1) is 15.7. The Kier molecular flexibility index (Phi) is 61.8. The molecule has 0 radical (unpaired) electrons. The minimum Gasteiger partial charge on any atom is 0 e. The third-order valence-electron chi connectivity index (χ3n) is 0. The molecule has 0 aromatic rings. The number of hydrogen-bond donors (Lipinski definition) is 0. The minimum absolute atomic E-state index is 0. The van der Waals surface area contributed by atoms with Crippen LogP contribution in [0.2, 0.25) is 0 Å². The van der Waals surface area contributed by atoms with Gasteiger partial charge in [-0.3, -0.25) is 0 Å². The summed E-state index contributed by atoms with van der Waals surface area (Å²) in [5, 5.41) is 0. The van der Waals surface area contributed by atoms with Gasteiger partial charge >= 0.3 is 51.0 Å². The third-order valence-corrected chi connectivity index (χ3v) is 0. The van der Waals surface area contributed by atoms with Crippen LogP contribution < -0.4 is 0 Å². The van der Waals surface area contributed by atoms with Crippen LogP contribution in [0.25, 0.3) is 0 Å². The van der Waals surface area contributed by atoms with Crippen LogP contribution in [-0.2, 0) is 46.6 Å². The van der Waals surface area contributed by atoms with Gasteiger partial charge in [0.15, 0.2) is 0 Å². The van der Waals surface area contributed by atoms with E-state index in [0.717, 1.165) is 0 Å². The van der Waals surface area contributed by atoms with Gasteiger partial charge in [-0.25, -0.2) is 0 Å². The van der Waals surface area contributed by atoms with Crippen molar-refractivity contribution in [3.8, 4) is 0 Å². The second-order valence-electron chi connectivity index (χ2n) is 0. The molecule has 0 bridgehead atoms. The van der Waals surface area contributed by atoms with Crippen LogP contribution in [0, 0.1) is 51.0 Å². The second kappa shape index (κ2) is 15.8. The Bertz CT molecular complexity index is 8.00. The van der Waals surface area contributed by atoms with E-state index in [9.17, 15) is 0 Å². The van der Waals surface area contributed by atoms with E-state index in [0.29, 0.717) is 0 Å². The Labute approximate surface area is 94.3 Å². The molecule has 0 aromatic heterocycles. The summed E-state index contributed by atoms with van der Waals surface area (Å²) in [7, 11) is 0. The smallest absolute Gasteiger partial charge is 0 e. The van der Waals surface area contributed by atoms with E-state index in [1.54, 1.807) is 0 Å². The monoisotopic (exact) mass is 574 g/mol. The fraction of sp³-hybridized carbons (Fsp3) is 0. The summed E-state index contributed by atoms with van der Waals surface area (Å²) in [5.74, 6) is 0. The van der Waals surface area contributed by atoms with Gasteiger partial charge < -0.3 is 0 Å². The zero-order valence-corrected chi connectivity index (χ0v) is 13.1. The predicted octanol–water partition coefficient (Wildman–Crippen LogP) is -0.00500. The molecule has 0 nitrogen and oxygen atoms in total. The number of hydrogen-bond acceptors (Lipinski definition) is 0. The van der Waals surface area contributed by atoms with Crippen LogP contribution in [0.1, 0.15) is 0 Å². The van der Waals surface area contributed by atoms with Crippen molar-refractivity contribution in [3.63, 3.8) is 0 Å². The molecule has 22 valence electrons. The summed E-state index contributed by atoms with van der Waals surface area (Å²) in [6.45, 7) is 0. The van der Waals surface area contributed by atoms with Crippen molar-refractivity contribution < 1.29 is 97.6 Å². The van der Waals surface area contributed by atoms with Gasteiger partial charge in [0.05, 0.1) is 0 Å². The van der Waals surface area contributed by atoms with E-state index in [2.05, 4.69) is 0 Å². The molecule has 0 aliphatic rings. The van der Waals surface area contributed by atoms with E-state index < -0.39 is 0 Å². The molecule has 4 heavy (non-hydrogen) atoms. The average Bonchev–Trinajstić information content (AvgIpc) is 1.00. The fourth-order valence-electron chi connectivity index (χ4n) is 0. The van der Waals surface area contributed by atoms with Gasteiger partial charge in [0.25, 0.3) is 0 Å². The van der Waals surface area contributed by atoms with Crippen molar-refractivity contribution in [1.29, 1.82) is 0 Å². The molecule has 4 heteroatoms. The fourth-order valence-corrected chi connectivity index (χ4v) is 0. The molecule has 0 aliphatic heterocycles. The SMILES string of the molecule is [Ce][U].[Pd].[Zr]. The molecule has 0 saturated heterocycles. The Morgan fingerprint density at radius 2 is 1.25 bits per heavy atom. The van der Waals surface area contributed by atoms with Gasteiger partial charge in [0.2, 0.25) is 0 Å². The van der Waals surface area contributed by atoms with Crippen molar-refractivity contribution in [2.45, 2.75) is 0 Å². The van der Waals surface area contributed by atoms with Crippen LogP contribution in [0.5, 0.6) is 0 Å². The standard InChI is InChI=1S/Ce.Pd.U.Zr. The quantitative estimate of drug-likeness (QED) is 0.357. The molecule has 0 atom stereocenters. The van der Waals surface area contributed by atoms with Gasteiger partial charge in [0.1, 0.15) is 0 Å². The summed E-state index contributed by atoms with van der Waals surface area (Å²) < 4.78 is 0. The Balaban J connectivity index is -0.00000000500. The maximum Gasteiger partial charge on any atom is 0 e. The number of rotatable bonds is 0. The van der Waals surface area contributed by atoms with E-state index in [1.807, 2.05) is 0 Å². The molecule has 0 aromatic carbocycles. The van der Waals surface area contributed by atoms with Gasteiger partial charge in [-0.05, 0) is 0 Å². The normalized spacial score (nSPS) is 1.25. The zero-order chi connectivity index (χ0) is 2.00. The summed E-state index contributed by atoms with van der Waals surface area (Å²) >= 11 is 2.77. The Hall–Kier alpha value is 3.97. The van der Waals surface area contributed by atoms with Crippen molar-refractivity contribution >= 4 is 0 Å². The first-order valence-electron chi connectivity index (χ1n) is 0.250. The van der Waals surface area contributed by atoms with Crippen molar-refractivity contribution in [2.24, 2.45) is 0 Å². The summed E-state index contributed by atoms with van der Waals surface area (Å²) in [6, 6.07) is 0. The van der Waals surface area contributed by atoms with Crippen molar-refractivity contribution in [1.82, 2.24) is 0 Å². The van der Waals surface area contributed by atoms with Crippen molar-refractivity contribution in [2.75, 3.05) is 0 Å². The first-order valence-corrected chi connectivity index (χ1v) is 17.0. The van der Waals surface area contributed by atoms with Crippen LogP contribution in [0.3, 0.4) is 0 Å². The topological polar surface area (TPSA) is 0 Å². The van der Waals surface area contributed by atoms with Crippen LogP contribution >= 0.6 is 0 Å². The van der Waals surface area contributed by atoms with Crippen LogP contribution in [0.4, 0.5) is 0 Å². The maximum absolute atomic E-state index is 1.47. The predicted molar refractivity (Wildman–Crippen MR) is 0 cm³/mol. The molecule has 0 unspecified atom stereocenters. The summed E-state index contributed by atoms with van der Waals surface area (Å²) in [4.78, 5) is 0. The molecule has 0 saturated carbocycles. The largest absolute Gasteiger partial charge is 0 e. The van der Waals surface area contributed by atoms with Gasteiger partial charge in [-0.15, -0.1) is 0 Å². The molecule has 0 aliphatic carbocycles. The van der Waals surface area contributed by atoms with Gasteiger partial charge in [0, 0.05) is 46.6 Å². The molecule has 0 N–H and O–H groups in total.